The minimum Gasteiger partial charge on any atom is -0.375 e. The molecule has 1 saturated heterocycles. The van der Waals surface area contributed by atoms with E-state index in [1.807, 2.05) is 30.3 Å². The van der Waals surface area contributed by atoms with Crippen LogP contribution in [0.1, 0.15) is 37.7 Å². The predicted octanol–water partition coefficient (Wildman–Crippen LogP) is 1.61. The highest BCUT2D eigenvalue weighted by atomic mass is 16.5. The Balaban J connectivity index is 1.70. The third kappa shape index (κ3) is 5.81. The molecule has 0 bridgehead atoms. The summed E-state index contributed by atoms with van der Waals surface area (Å²) in [6.07, 6.45) is 4.72. The van der Waals surface area contributed by atoms with Gasteiger partial charge in [-0.05, 0) is 24.8 Å². The SMILES string of the molecule is COCC(=O)N1CCN(C(=O)CCc2ccccc2)CCNC(=O)C2CCCCC21. The number of benzene rings is 1. The quantitative estimate of drug-likeness (QED) is 0.793. The van der Waals surface area contributed by atoms with E-state index in [-0.39, 0.29) is 36.3 Å². The summed E-state index contributed by atoms with van der Waals surface area (Å²) in [6.45, 7) is 1.82. The Bertz CT molecular complexity index is 724. The van der Waals surface area contributed by atoms with E-state index in [1.165, 1.54) is 7.11 Å². The highest BCUT2D eigenvalue weighted by molar-refractivity contribution is 5.83. The van der Waals surface area contributed by atoms with Gasteiger partial charge in [-0.3, -0.25) is 14.4 Å². The number of hydrogen-bond donors (Lipinski definition) is 1. The zero-order valence-corrected chi connectivity index (χ0v) is 17.8. The van der Waals surface area contributed by atoms with Crippen LogP contribution >= 0.6 is 0 Å². The molecular weight excluding hydrogens is 382 g/mol. The minimum atomic E-state index is -0.181. The first-order valence-corrected chi connectivity index (χ1v) is 11.0. The Morgan fingerprint density at radius 2 is 1.83 bits per heavy atom. The van der Waals surface area contributed by atoms with Crippen LogP contribution in [0.5, 0.6) is 0 Å². The molecule has 1 aliphatic heterocycles. The van der Waals surface area contributed by atoms with Gasteiger partial charge in [0.25, 0.3) is 0 Å². The molecule has 1 aromatic rings. The van der Waals surface area contributed by atoms with Crippen molar-refractivity contribution in [3.63, 3.8) is 0 Å². The molecule has 1 saturated carbocycles. The molecular formula is C23H33N3O4. The monoisotopic (exact) mass is 415 g/mol. The molecule has 0 spiro atoms. The van der Waals surface area contributed by atoms with E-state index in [1.54, 1.807) is 9.80 Å². The fraction of sp³-hybridized carbons (Fsp3) is 0.609. The molecule has 1 heterocycles. The molecule has 7 nitrogen and oxygen atoms in total. The first-order chi connectivity index (χ1) is 14.6. The van der Waals surface area contributed by atoms with Gasteiger partial charge in [-0.2, -0.15) is 0 Å². The molecule has 2 aliphatic rings. The zero-order valence-electron chi connectivity index (χ0n) is 17.8. The Kier molecular flexibility index (Phi) is 8.25. The van der Waals surface area contributed by atoms with Gasteiger partial charge in [-0.15, -0.1) is 0 Å². The number of ether oxygens (including phenoxy) is 1. The second-order valence-electron chi connectivity index (χ2n) is 8.14. The van der Waals surface area contributed by atoms with Crippen LogP contribution in [0.15, 0.2) is 30.3 Å². The molecule has 1 N–H and O–H groups in total. The van der Waals surface area contributed by atoms with E-state index in [0.29, 0.717) is 39.0 Å². The molecule has 3 rings (SSSR count). The van der Waals surface area contributed by atoms with Crippen LogP contribution < -0.4 is 5.32 Å². The largest absolute Gasteiger partial charge is 0.375 e. The maximum atomic E-state index is 12.9. The lowest BCUT2D eigenvalue weighted by molar-refractivity contribution is -0.144. The van der Waals surface area contributed by atoms with Gasteiger partial charge in [0.05, 0.1) is 5.92 Å². The van der Waals surface area contributed by atoms with Crippen LogP contribution in [0.3, 0.4) is 0 Å². The molecule has 30 heavy (non-hydrogen) atoms. The maximum Gasteiger partial charge on any atom is 0.248 e. The summed E-state index contributed by atoms with van der Waals surface area (Å²) in [5.74, 6) is -0.249. The van der Waals surface area contributed by atoms with E-state index in [4.69, 9.17) is 4.74 Å². The van der Waals surface area contributed by atoms with Gasteiger partial charge in [-0.25, -0.2) is 0 Å². The Morgan fingerprint density at radius 3 is 2.60 bits per heavy atom. The second kappa shape index (κ2) is 11.1. The van der Waals surface area contributed by atoms with Gasteiger partial charge >= 0.3 is 0 Å². The van der Waals surface area contributed by atoms with E-state index >= 15 is 0 Å². The average molecular weight is 416 g/mol. The smallest absolute Gasteiger partial charge is 0.248 e. The van der Waals surface area contributed by atoms with Crippen molar-refractivity contribution in [2.45, 2.75) is 44.6 Å². The number of hydrogen-bond acceptors (Lipinski definition) is 4. The van der Waals surface area contributed by atoms with Crippen molar-refractivity contribution in [3.8, 4) is 0 Å². The van der Waals surface area contributed by atoms with E-state index in [9.17, 15) is 14.4 Å². The van der Waals surface area contributed by atoms with Crippen molar-refractivity contribution < 1.29 is 19.1 Å². The first-order valence-electron chi connectivity index (χ1n) is 11.0. The summed E-state index contributed by atoms with van der Waals surface area (Å²) in [6, 6.07) is 9.82. The summed E-state index contributed by atoms with van der Waals surface area (Å²) in [4.78, 5) is 42.0. The van der Waals surface area contributed by atoms with Crippen molar-refractivity contribution in [1.29, 1.82) is 0 Å². The minimum absolute atomic E-state index is 0.00602. The van der Waals surface area contributed by atoms with E-state index in [2.05, 4.69) is 5.32 Å². The molecule has 1 aliphatic carbocycles. The van der Waals surface area contributed by atoms with Crippen LogP contribution in [0.25, 0.3) is 0 Å². The zero-order chi connectivity index (χ0) is 21.3. The summed E-state index contributed by atoms with van der Waals surface area (Å²) < 4.78 is 5.08. The average Bonchev–Trinajstić information content (AvgIpc) is 2.77. The Hall–Kier alpha value is -2.41. The number of nitrogens with zero attached hydrogens (tertiary/aromatic N) is 2. The van der Waals surface area contributed by atoms with Gasteiger partial charge in [0.1, 0.15) is 6.61 Å². The topological polar surface area (TPSA) is 79.0 Å². The fourth-order valence-corrected chi connectivity index (χ4v) is 4.56. The highest BCUT2D eigenvalue weighted by Crippen LogP contribution is 2.29. The molecule has 0 radical (unpaired) electrons. The maximum absolute atomic E-state index is 12.9. The number of carbonyl (C=O) groups is 3. The molecule has 2 atom stereocenters. The Labute approximate surface area is 178 Å². The van der Waals surface area contributed by atoms with E-state index in [0.717, 1.165) is 31.2 Å². The van der Waals surface area contributed by atoms with Gasteiger partial charge in [0.2, 0.25) is 17.7 Å². The summed E-state index contributed by atoms with van der Waals surface area (Å²) in [7, 11) is 1.50. The molecule has 7 heteroatoms. The van der Waals surface area contributed by atoms with Crippen LogP contribution in [0, 0.1) is 5.92 Å². The van der Waals surface area contributed by atoms with Crippen LogP contribution in [-0.4, -0.2) is 73.5 Å². The number of nitrogens with one attached hydrogen (secondary N) is 1. The second-order valence-corrected chi connectivity index (χ2v) is 8.14. The number of carbonyl (C=O) groups excluding carboxylic acids is 3. The number of fused-ring (bicyclic) bond motifs is 1. The number of methoxy groups -OCH3 is 1. The van der Waals surface area contributed by atoms with Crippen molar-refractivity contribution in [2.75, 3.05) is 39.9 Å². The lowest BCUT2D eigenvalue weighted by atomic mass is 9.82. The third-order valence-corrected chi connectivity index (χ3v) is 6.17. The van der Waals surface area contributed by atoms with Gasteiger partial charge in [0.15, 0.2) is 0 Å². The number of aryl methyl sites for hydroxylation is 1. The van der Waals surface area contributed by atoms with Crippen LogP contribution in [0.4, 0.5) is 0 Å². The summed E-state index contributed by atoms with van der Waals surface area (Å²) >= 11 is 0. The van der Waals surface area contributed by atoms with Crippen molar-refractivity contribution in [3.05, 3.63) is 35.9 Å². The fourth-order valence-electron chi connectivity index (χ4n) is 4.56. The summed E-state index contributed by atoms with van der Waals surface area (Å²) in [5.41, 5.74) is 1.13. The van der Waals surface area contributed by atoms with Crippen LogP contribution in [0.2, 0.25) is 0 Å². The van der Waals surface area contributed by atoms with Crippen molar-refractivity contribution >= 4 is 17.7 Å². The normalized spacial score (nSPS) is 22.8. The first kappa shape index (κ1) is 22.3. The molecule has 164 valence electrons. The van der Waals surface area contributed by atoms with E-state index < -0.39 is 0 Å². The highest BCUT2D eigenvalue weighted by Gasteiger charge is 2.37. The van der Waals surface area contributed by atoms with Gasteiger partial charge in [-0.1, -0.05) is 43.2 Å². The third-order valence-electron chi connectivity index (χ3n) is 6.17. The standard InChI is InChI=1S/C23H33N3O4/c1-30-17-22(28)26-16-15-25(21(27)12-11-18-7-3-2-4-8-18)14-13-24-23(29)19-9-5-6-10-20(19)26/h2-4,7-8,19-20H,5-6,9-17H2,1H3,(H,24,29). The number of rotatable bonds is 5. The summed E-state index contributed by atoms with van der Waals surface area (Å²) in [5, 5.41) is 3.00. The molecule has 3 amide bonds. The molecule has 2 unspecified atom stereocenters. The lowest BCUT2D eigenvalue weighted by Crippen LogP contribution is -2.56. The van der Waals surface area contributed by atoms with Crippen LogP contribution in [-0.2, 0) is 25.5 Å². The van der Waals surface area contributed by atoms with Crippen molar-refractivity contribution in [1.82, 2.24) is 15.1 Å². The molecule has 2 fully saturated rings. The number of amides is 3. The Morgan fingerprint density at radius 1 is 1.07 bits per heavy atom. The van der Waals surface area contributed by atoms with Gasteiger partial charge < -0.3 is 19.9 Å². The molecule has 1 aromatic carbocycles. The molecule has 0 aromatic heterocycles. The van der Waals surface area contributed by atoms with Gasteiger partial charge in [0, 0.05) is 45.8 Å². The predicted molar refractivity (Wildman–Crippen MR) is 114 cm³/mol. The lowest BCUT2D eigenvalue weighted by Gasteiger charge is -2.41. The van der Waals surface area contributed by atoms with Crippen molar-refractivity contribution in [2.24, 2.45) is 5.92 Å².